The van der Waals surface area contributed by atoms with Crippen molar-refractivity contribution in [1.29, 1.82) is 0 Å². The number of aromatic nitrogens is 2. The first-order valence-corrected chi connectivity index (χ1v) is 9.67. The monoisotopic (exact) mass is 344 g/mol. The Morgan fingerprint density at radius 2 is 2.26 bits per heavy atom. The fraction of sp³-hybridized carbons (Fsp3) is 0.800. The highest BCUT2D eigenvalue weighted by Crippen LogP contribution is 2.18. The van der Waals surface area contributed by atoms with Crippen molar-refractivity contribution in [2.45, 2.75) is 37.8 Å². The van der Waals surface area contributed by atoms with Crippen molar-refractivity contribution < 1.29 is 13.2 Å². The molecule has 132 valence electrons. The third-order valence-corrected chi connectivity index (χ3v) is 5.60. The molecular formula is C15H28N4O3S. The van der Waals surface area contributed by atoms with Crippen molar-refractivity contribution in [1.82, 2.24) is 19.4 Å². The molecule has 0 aromatic carbocycles. The van der Waals surface area contributed by atoms with E-state index in [1.807, 2.05) is 13.8 Å². The number of nitrogens with one attached hydrogen (secondary N) is 1. The van der Waals surface area contributed by atoms with E-state index in [-0.39, 0.29) is 11.1 Å². The van der Waals surface area contributed by atoms with Gasteiger partial charge in [0.2, 0.25) is 0 Å². The van der Waals surface area contributed by atoms with Crippen molar-refractivity contribution in [3.8, 4) is 0 Å². The van der Waals surface area contributed by atoms with Crippen LogP contribution in [0.15, 0.2) is 17.3 Å². The average Bonchev–Trinajstić information content (AvgIpc) is 3.02. The summed E-state index contributed by atoms with van der Waals surface area (Å²) in [7, 11) is -1.82. The van der Waals surface area contributed by atoms with Crippen molar-refractivity contribution in [2.75, 3.05) is 39.9 Å². The van der Waals surface area contributed by atoms with Crippen LogP contribution in [0.2, 0.25) is 0 Å². The van der Waals surface area contributed by atoms with Gasteiger partial charge in [-0.3, -0.25) is 4.68 Å². The molecule has 2 heterocycles. The summed E-state index contributed by atoms with van der Waals surface area (Å²) in [6, 6.07) is 1.56. The molecule has 2 rings (SSSR count). The molecule has 0 spiro atoms. The van der Waals surface area contributed by atoms with E-state index in [0.717, 1.165) is 32.5 Å². The average molecular weight is 344 g/mol. The van der Waals surface area contributed by atoms with E-state index in [0.29, 0.717) is 19.1 Å². The number of nitrogens with zero attached hydrogens (tertiary/aromatic N) is 3. The molecule has 0 amide bonds. The number of rotatable bonds is 8. The lowest BCUT2D eigenvalue weighted by atomic mass is 9.98. The van der Waals surface area contributed by atoms with Crippen LogP contribution < -0.4 is 4.72 Å². The molecule has 1 fully saturated rings. The Morgan fingerprint density at radius 1 is 1.48 bits per heavy atom. The maximum atomic E-state index is 12.5. The van der Waals surface area contributed by atoms with Gasteiger partial charge in [0.25, 0.3) is 10.0 Å². The second kappa shape index (κ2) is 8.23. The molecule has 1 N–H and O–H groups in total. The lowest BCUT2D eigenvalue weighted by molar-refractivity contribution is 0.115. The Bertz CT molecular complexity index is 585. The number of ether oxygens (including phenoxy) is 1. The molecule has 0 radical (unpaired) electrons. The molecule has 1 atom stereocenters. The smallest absolute Gasteiger partial charge is 0.257 e. The van der Waals surface area contributed by atoms with E-state index < -0.39 is 10.0 Å². The summed E-state index contributed by atoms with van der Waals surface area (Å²) in [5, 5.41) is 4.33. The summed E-state index contributed by atoms with van der Waals surface area (Å²) < 4.78 is 34.4. The molecule has 1 saturated heterocycles. The van der Waals surface area contributed by atoms with Crippen molar-refractivity contribution >= 4 is 10.0 Å². The molecule has 0 unspecified atom stereocenters. The van der Waals surface area contributed by atoms with Gasteiger partial charge in [0, 0.05) is 32.8 Å². The number of methoxy groups -OCH3 is 1. The van der Waals surface area contributed by atoms with Crippen LogP contribution in [0.1, 0.15) is 32.7 Å². The van der Waals surface area contributed by atoms with Gasteiger partial charge in [-0.2, -0.15) is 5.10 Å². The van der Waals surface area contributed by atoms with E-state index in [1.54, 1.807) is 13.2 Å². The van der Waals surface area contributed by atoms with E-state index in [4.69, 9.17) is 4.74 Å². The van der Waals surface area contributed by atoms with Gasteiger partial charge >= 0.3 is 0 Å². The molecule has 23 heavy (non-hydrogen) atoms. The molecular weight excluding hydrogens is 316 g/mol. The van der Waals surface area contributed by atoms with Crippen LogP contribution in [0.4, 0.5) is 0 Å². The quantitative estimate of drug-likeness (QED) is 0.764. The van der Waals surface area contributed by atoms with Gasteiger partial charge in [0.15, 0.2) is 5.03 Å². The van der Waals surface area contributed by atoms with Gasteiger partial charge in [-0.15, -0.1) is 0 Å². The summed E-state index contributed by atoms with van der Waals surface area (Å²) in [6.45, 7) is 7.89. The standard InChI is InChI=1S/C15H28N4O3S/c1-13(2)19-15(6-7-16-19)23(20,21)17-11-14-5-4-8-18(12-14)9-10-22-3/h6-7,13-14,17H,4-5,8-12H2,1-3H3/t14-/m1/s1. The zero-order chi connectivity index (χ0) is 16.9. The van der Waals surface area contributed by atoms with Crippen LogP contribution in [0.5, 0.6) is 0 Å². The first-order chi connectivity index (χ1) is 10.9. The van der Waals surface area contributed by atoms with E-state index in [9.17, 15) is 8.42 Å². The molecule has 0 aliphatic carbocycles. The second-order valence-corrected chi connectivity index (χ2v) is 8.08. The third kappa shape index (κ3) is 5.00. The maximum Gasteiger partial charge on any atom is 0.257 e. The predicted octanol–water partition coefficient (Wildman–Crippen LogP) is 1.10. The van der Waals surface area contributed by atoms with Gasteiger partial charge in [0.1, 0.15) is 0 Å². The minimum absolute atomic E-state index is 0.00999. The molecule has 8 heteroatoms. The van der Waals surface area contributed by atoms with Crippen molar-refractivity contribution in [3.05, 3.63) is 12.3 Å². The Kier molecular flexibility index (Phi) is 6.58. The topological polar surface area (TPSA) is 76.5 Å². The first-order valence-electron chi connectivity index (χ1n) is 8.18. The normalized spacial score (nSPS) is 20.3. The minimum atomic E-state index is -3.52. The number of hydrogen-bond donors (Lipinski definition) is 1. The van der Waals surface area contributed by atoms with E-state index in [2.05, 4.69) is 14.7 Å². The van der Waals surface area contributed by atoms with Crippen LogP contribution >= 0.6 is 0 Å². The van der Waals surface area contributed by atoms with Gasteiger partial charge in [-0.25, -0.2) is 13.1 Å². The molecule has 0 bridgehead atoms. The summed E-state index contributed by atoms with van der Waals surface area (Å²) in [5.74, 6) is 0.339. The second-order valence-electron chi connectivity index (χ2n) is 6.36. The van der Waals surface area contributed by atoms with Gasteiger partial charge in [-0.1, -0.05) is 0 Å². The highest BCUT2D eigenvalue weighted by molar-refractivity contribution is 7.89. The zero-order valence-corrected chi connectivity index (χ0v) is 15.1. The van der Waals surface area contributed by atoms with Gasteiger partial charge in [0.05, 0.1) is 12.8 Å². The zero-order valence-electron chi connectivity index (χ0n) is 14.2. The highest BCUT2D eigenvalue weighted by atomic mass is 32.2. The molecule has 1 aliphatic heterocycles. The minimum Gasteiger partial charge on any atom is -0.383 e. The number of likely N-dealkylation sites (tertiary alicyclic amines) is 1. The Morgan fingerprint density at radius 3 is 2.96 bits per heavy atom. The molecule has 7 nitrogen and oxygen atoms in total. The fourth-order valence-electron chi connectivity index (χ4n) is 2.95. The SMILES string of the molecule is COCCN1CCC[C@H](CNS(=O)(=O)c2ccnn2C(C)C)C1. The molecule has 0 saturated carbocycles. The van der Waals surface area contributed by atoms with Crippen LogP contribution in [0, 0.1) is 5.92 Å². The van der Waals surface area contributed by atoms with Crippen molar-refractivity contribution in [2.24, 2.45) is 5.92 Å². The van der Waals surface area contributed by atoms with Gasteiger partial charge in [-0.05, 0) is 45.2 Å². The summed E-state index contributed by atoms with van der Waals surface area (Å²) in [6.07, 6.45) is 3.68. The highest BCUT2D eigenvalue weighted by Gasteiger charge is 2.24. The number of hydrogen-bond acceptors (Lipinski definition) is 5. The first kappa shape index (κ1) is 18.4. The van der Waals surface area contributed by atoms with E-state index >= 15 is 0 Å². The molecule has 1 aliphatic rings. The molecule has 1 aromatic heterocycles. The van der Waals surface area contributed by atoms with E-state index in [1.165, 1.54) is 10.9 Å². The lowest BCUT2D eigenvalue weighted by Gasteiger charge is -2.32. The van der Waals surface area contributed by atoms with Crippen LogP contribution in [0.3, 0.4) is 0 Å². The lowest BCUT2D eigenvalue weighted by Crippen LogP contribution is -2.42. The van der Waals surface area contributed by atoms with Crippen molar-refractivity contribution in [3.63, 3.8) is 0 Å². The largest absolute Gasteiger partial charge is 0.383 e. The van der Waals surface area contributed by atoms with Crippen LogP contribution in [-0.4, -0.2) is 63.0 Å². The summed E-state index contributed by atoms with van der Waals surface area (Å²) in [4.78, 5) is 2.34. The Balaban J connectivity index is 1.92. The fourth-order valence-corrected chi connectivity index (χ4v) is 4.29. The maximum absolute atomic E-state index is 12.5. The Labute approximate surface area is 139 Å². The summed E-state index contributed by atoms with van der Waals surface area (Å²) >= 11 is 0. The van der Waals surface area contributed by atoms with Crippen LogP contribution in [0.25, 0.3) is 0 Å². The third-order valence-electron chi connectivity index (χ3n) is 4.18. The summed E-state index contributed by atoms with van der Waals surface area (Å²) in [5.41, 5.74) is 0. The number of sulfonamides is 1. The number of piperidine rings is 1. The van der Waals surface area contributed by atoms with Gasteiger partial charge < -0.3 is 9.64 Å². The van der Waals surface area contributed by atoms with Crippen LogP contribution in [-0.2, 0) is 14.8 Å². The molecule has 1 aromatic rings. The predicted molar refractivity (Wildman–Crippen MR) is 88.8 cm³/mol. The Hall–Kier alpha value is -0.960.